The van der Waals surface area contributed by atoms with Gasteiger partial charge in [-0.2, -0.15) is 0 Å². The summed E-state index contributed by atoms with van der Waals surface area (Å²) in [6, 6.07) is 0.403. The van der Waals surface area contributed by atoms with E-state index in [1.165, 1.54) is 0 Å². The normalized spacial score (nSPS) is 17.7. The predicted molar refractivity (Wildman–Crippen MR) is 69.7 cm³/mol. The second-order valence-corrected chi connectivity index (χ2v) is 6.47. The van der Waals surface area contributed by atoms with Crippen molar-refractivity contribution in [3.05, 3.63) is 0 Å². The van der Waals surface area contributed by atoms with E-state index in [1.807, 2.05) is 0 Å². The highest BCUT2D eigenvalue weighted by molar-refractivity contribution is 7.85. The molecule has 0 aromatic rings. The van der Waals surface area contributed by atoms with Crippen LogP contribution in [0.5, 0.6) is 0 Å². The molecule has 0 heterocycles. The van der Waals surface area contributed by atoms with Crippen molar-refractivity contribution in [3.8, 4) is 0 Å². The average Bonchev–Trinajstić information content (AvgIpc) is 2.22. The molecule has 0 aliphatic rings. The van der Waals surface area contributed by atoms with E-state index in [0.717, 1.165) is 25.1 Å². The van der Waals surface area contributed by atoms with Crippen molar-refractivity contribution < 1.29 is 4.21 Å². The molecule has 0 spiro atoms. The monoisotopic (exact) mass is 233 g/mol. The van der Waals surface area contributed by atoms with E-state index < -0.39 is 10.8 Å². The summed E-state index contributed by atoms with van der Waals surface area (Å²) in [6.45, 7) is 11.8. The van der Waals surface area contributed by atoms with Gasteiger partial charge in [-0.25, -0.2) is 0 Å². The van der Waals surface area contributed by atoms with Crippen molar-refractivity contribution in [3.63, 3.8) is 0 Å². The van der Waals surface area contributed by atoms with Crippen molar-refractivity contribution in [2.45, 2.75) is 58.8 Å². The van der Waals surface area contributed by atoms with Crippen LogP contribution in [0.15, 0.2) is 0 Å². The summed E-state index contributed by atoms with van der Waals surface area (Å²) in [6.07, 6.45) is 2.14. The molecule has 15 heavy (non-hydrogen) atoms. The zero-order valence-electron chi connectivity index (χ0n) is 10.9. The number of nitrogens with one attached hydrogen (secondary N) is 1. The van der Waals surface area contributed by atoms with Crippen LogP contribution in [0.4, 0.5) is 0 Å². The van der Waals surface area contributed by atoms with E-state index in [4.69, 9.17) is 0 Å². The fraction of sp³-hybridized carbons (Fsp3) is 1.00. The van der Waals surface area contributed by atoms with Crippen LogP contribution in [-0.4, -0.2) is 27.8 Å². The van der Waals surface area contributed by atoms with Crippen LogP contribution in [0.2, 0.25) is 0 Å². The smallest absolute Gasteiger partial charge is 0.0394 e. The molecule has 0 amide bonds. The summed E-state index contributed by atoms with van der Waals surface area (Å²) in [7, 11) is -0.681. The van der Waals surface area contributed by atoms with Gasteiger partial charge in [0.15, 0.2) is 0 Å². The summed E-state index contributed by atoms with van der Waals surface area (Å²) in [4.78, 5) is 0. The Balaban J connectivity index is 4.09. The maximum atomic E-state index is 11.9. The third kappa shape index (κ3) is 6.31. The molecule has 0 aromatic carbocycles. The maximum Gasteiger partial charge on any atom is 0.0394 e. The van der Waals surface area contributed by atoms with E-state index in [2.05, 4.69) is 39.9 Å². The lowest BCUT2D eigenvalue weighted by Crippen LogP contribution is -2.40. The van der Waals surface area contributed by atoms with Crippen molar-refractivity contribution in [2.75, 3.05) is 12.3 Å². The van der Waals surface area contributed by atoms with E-state index in [9.17, 15) is 4.21 Å². The van der Waals surface area contributed by atoms with Gasteiger partial charge < -0.3 is 5.32 Å². The summed E-state index contributed by atoms with van der Waals surface area (Å²) < 4.78 is 11.9. The molecule has 3 heteroatoms. The SMILES string of the molecule is CCCNC(CS(=O)C(C)CC)C(C)C. The second kappa shape index (κ2) is 8.28. The first-order valence-electron chi connectivity index (χ1n) is 6.13. The first-order valence-corrected chi connectivity index (χ1v) is 7.51. The maximum absolute atomic E-state index is 11.9. The van der Waals surface area contributed by atoms with Crippen molar-refractivity contribution in [2.24, 2.45) is 5.92 Å². The molecule has 0 fully saturated rings. The highest BCUT2D eigenvalue weighted by Crippen LogP contribution is 2.08. The van der Waals surface area contributed by atoms with Crippen LogP contribution < -0.4 is 5.32 Å². The number of hydrogen-bond donors (Lipinski definition) is 1. The minimum atomic E-state index is -0.681. The van der Waals surface area contributed by atoms with Crippen LogP contribution in [0, 0.1) is 5.92 Å². The molecule has 0 rings (SSSR count). The first-order chi connectivity index (χ1) is 7.02. The van der Waals surface area contributed by atoms with E-state index >= 15 is 0 Å². The summed E-state index contributed by atoms with van der Waals surface area (Å²) in [5.74, 6) is 1.36. The Labute approximate surface area is 97.7 Å². The van der Waals surface area contributed by atoms with Crippen molar-refractivity contribution in [1.29, 1.82) is 0 Å². The molecule has 3 atom stereocenters. The highest BCUT2D eigenvalue weighted by atomic mass is 32.2. The molecule has 0 saturated carbocycles. The van der Waals surface area contributed by atoms with Crippen LogP contribution >= 0.6 is 0 Å². The van der Waals surface area contributed by atoms with Gasteiger partial charge in [0, 0.05) is 27.8 Å². The van der Waals surface area contributed by atoms with Gasteiger partial charge >= 0.3 is 0 Å². The Morgan fingerprint density at radius 2 is 1.80 bits per heavy atom. The Morgan fingerprint density at radius 1 is 1.20 bits per heavy atom. The highest BCUT2D eigenvalue weighted by Gasteiger charge is 2.18. The van der Waals surface area contributed by atoms with Crippen LogP contribution in [0.1, 0.15) is 47.5 Å². The topological polar surface area (TPSA) is 29.1 Å². The minimum absolute atomic E-state index is 0.328. The molecule has 1 N–H and O–H groups in total. The number of rotatable bonds is 8. The average molecular weight is 233 g/mol. The Hall–Kier alpha value is 0.110. The number of hydrogen-bond acceptors (Lipinski definition) is 2. The summed E-state index contributed by atoms with van der Waals surface area (Å²) in [5, 5.41) is 3.81. The Bertz CT molecular complexity index is 182. The molecule has 0 aliphatic heterocycles. The van der Waals surface area contributed by atoms with Crippen LogP contribution in [0.3, 0.4) is 0 Å². The fourth-order valence-electron chi connectivity index (χ4n) is 1.34. The summed E-state index contributed by atoms with van der Waals surface area (Å²) in [5.41, 5.74) is 0. The quantitative estimate of drug-likeness (QED) is 0.698. The first kappa shape index (κ1) is 15.1. The molecule has 2 nitrogen and oxygen atoms in total. The molecule has 0 aliphatic carbocycles. The van der Waals surface area contributed by atoms with Gasteiger partial charge in [0.2, 0.25) is 0 Å². The Morgan fingerprint density at radius 3 is 2.20 bits per heavy atom. The van der Waals surface area contributed by atoms with Crippen LogP contribution in [0.25, 0.3) is 0 Å². The van der Waals surface area contributed by atoms with Crippen LogP contribution in [-0.2, 0) is 10.8 Å². The Kier molecular flexibility index (Phi) is 8.34. The molecular weight excluding hydrogens is 206 g/mol. The third-order valence-corrected chi connectivity index (χ3v) is 4.75. The van der Waals surface area contributed by atoms with Crippen molar-refractivity contribution in [1.82, 2.24) is 5.32 Å². The van der Waals surface area contributed by atoms with Gasteiger partial charge in [0.1, 0.15) is 0 Å². The zero-order valence-corrected chi connectivity index (χ0v) is 11.7. The van der Waals surface area contributed by atoms with Gasteiger partial charge in [0.25, 0.3) is 0 Å². The second-order valence-electron chi connectivity index (χ2n) is 4.57. The lowest BCUT2D eigenvalue weighted by molar-refractivity contribution is 0.430. The van der Waals surface area contributed by atoms with Gasteiger partial charge in [-0.3, -0.25) is 4.21 Å². The van der Waals surface area contributed by atoms with Gasteiger partial charge in [-0.15, -0.1) is 0 Å². The van der Waals surface area contributed by atoms with E-state index in [-0.39, 0.29) is 0 Å². The lowest BCUT2D eigenvalue weighted by Gasteiger charge is -2.23. The minimum Gasteiger partial charge on any atom is -0.313 e. The molecule has 0 saturated heterocycles. The molecule has 92 valence electrons. The molecule has 0 radical (unpaired) electrons. The predicted octanol–water partition coefficient (Wildman–Crippen LogP) is 2.56. The van der Waals surface area contributed by atoms with E-state index in [1.54, 1.807) is 0 Å². The van der Waals surface area contributed by atoms with Gasteiger partial charge in [-0.05, 0) is 25.3 Å². The summed E-state index contributed by atoms with van der Waals surface area (Å²) >= 11 is 0. The largest absolute Gasteiger partial charge is 0.313 e. The standard InChI is InChI=1S/C12H27NOS/c1-6-8-13-12(10(3)4)9-15(14)11(5)7-2/h10-13H,6-9H2,1-5H3. The third-order valence-electron chi connectivity index (χ3n) is 2.83. The van der Waals surface area contributed by atoms with Gasteiger partial charge in [0.05, 0.1) is 0 Å². The van der Waals surface area contributed by atoms with Crippen molar-refractivity contribution >= 4 is 10.8 Å². The zero-order chi connectivity index (χ0) is 11.8. The van der Waals surface area contributed by atoms with E-state index in [0.29, 0.717) is 17.2 Å². The molecule has 0 bridgehead atoms. The molecule has 3 unspecified atom stereocenters. The van der Waals surface area contributed by atoms with Gasteiger partial charge in [-0.1, -0.05) is 34.6 Å². The molecular formula is C12H27NOS. The fourth-order valence-corrected chi connectivity index (χ4v) is 2.90. The molecule has 0 aromatic heterocycles. The lowest BCUT2D eigenvalue weighted by atomic mass is 10.1.